The van der Waals surface area contributed by atoms with Crippen LogP contribution in [-0.2, 0) is 4.79 Å². The lowest BCUT2D eigenvalue weighted by Gasteiger charge is -2.33. The van der Waals surface area contributed by atoms with Gasteiger partial charge in [0, 0.05) is 57.1 Å². The van der Waals surface area contributed by atoms with Crippen molar-refractivity contribution in [1.29, 1.82) is 0 Å². The van der Waals surface area contributed by atoms with E-state index in [4.69, 9.17) is 0 Å². The number of aliphatic hydroxyl groups is 1. The smallest absolute Gasteiger partial charge is 0.270 e. The summed E-state index contributed by atoms with van der Waals surface area (Å²) in [6.07, 6.45) is 17.4. The summed E-state index contributed by atoms with van der Waals surface area (Å²) in [5.41, 5.74) is 3.81. The molecule has 0 spiro atoms. The van der Waals surface area contributed by atoms with Gasteiger partial charge in [0.1, 0.15) is 5.69 Å². The first-order valence-electron chi connectivity index (χ1n) is 14.2. The first-order chi connectivity index (χ1) is 18.5. The number of hydrogen-bond acceptors (Lipinski definition) is 6. The van der Waals surface area contributed by atoms with Crippen molar-refractivity contribution >= 4 is 17.5 Å². The Morgan fingerprint density at radius 1 is 1.16 bits per heavy atom. The molecule has 2 heterocycles. The van der Waals surface area contributed by atoms with Crippen molar-refractivity contribution in [3.63, 3.8) is 0 Å². The molecule has 1 atom stereocenters. The zero-order valence-electron chi connectivity index (χ0n) is 22.6. The highest BCUT2D eigenvalue weighted by molar-refractivity contribution is 5.93. The molecular weight excluding hydrogens is 478 g/mol. The van der Waals surface area contributed by atoms with Gasteiger partial charge in [-0.3, -0.25) is 14.6 Å². The number of rotatable bonds is 13. The molecule has 1 aliphatic heterocycles. The number of amides is 2. The lowest BCUT2D eigenvalue weighted by atomic mass is 10.0. The average molecular weight is 522 g/mol. The third kappa shape index (κ3) is 8.81. The molecule has 1 saturated heterocycles. The fraction of sp³-hybridized carbons (Fsp3) is 0.567. The number of carbonyl (C=O) groups is 2. The summed E-state index contributed by atoms with van der Waals surface area (Å²) >= 11 is 0. The first-order valence-corrected chi connectivity index (χ1v) is 14.2. The van der Waals surface area contributed by atoms with Gasteiger partial charge >= 0.3 is 0 Å². The second-order valence-electron chi connectivity index (χ2n) is 10.7. The van der Waals surface area contributed by atoms with Gasteiger partial charge in [0.25, 0.3) is 5.91 Å². The summed E-state index contributed by atoms with van der Waals surface area (Å²) in [6.45, 7) is 4.93. The number of allylic oxidation sites excluding steroid dienone is 4. The number of aliphatic hydroxyl groups excluding tert-OH is 1. The van der Waals surface area contributed by atoms with Crippen LogP contribution >= 0.6 is 0 Å². The zero-order chi connectivity index (χ0) is 26.7. The Kier molecular flexibility index (Phi) is 10.5. The van der Waals surface area contributed by atoms with Gasteiger partial charge in [0.2, 0.25) is 5.91 Å². The predicted molar refractivity (Wildman–Crippen MR) is 151 cm³/mol. The highest BCUT2D eigenvalue weighted by atomic mass is 16.3. The number of pyridine rings is 1. The van der Waals surface area contributed by atoms with Crippen LogP contribution in [0.4, 0.5) is 5.69 Å². The molecule has 1 aromatic heterocycles. The van der Waals surface area contributed by atoms with E-state index >= 15 is 0 Å². The average Bonchev–Trinajstić information content (AvgIpc) is 3.78. The first kappa shape index (κ1) is 28.0. The highest BCUT2D eigenvalue weighted by Gasteiger charge is 2.26. The minimum atomic E-state index is -0.698. The van der Waals surface area contributed by atoms with Crippen molar-refractivity contribution in [3.8, 4) is 0 Å². The van der Waals surface area contributed by atoms with Gasteiger partial charge in [0.05, 0.1) is 6.10 Å². The Balaban J connectivity index is 1.16. The van der Waals surface area contributed by atoms with Gasteiger partial charge in [0.15, 0.2) is 0 Å². The Morgan fingerprint density at radius 3 is 2.74 bits per heavy atom. The number of hydrogen-bond donors (Lipinski definition) is 4. The van der Waals surface area contributed by atoms with Crippen molar-refractivity contribution in [1.82, 2.24) is 20.5 Å². The van der Waals surface area contributed by atoms with Crippen LogP contribution in [0.15, 0.2) is 53.8 Å². The number of anilines is 1. The summed E-state index contributed by atoms with van der Waals surface area (Å²) in [6, 6.07) is 3.87. The minimum Gasteiger partial charge on any atom is -0.390 e. The van der Waals surface area contributed by atoms with Crippen molar-refractivity contribution in [3.05, 3.63) is 59.5 Å². The molecule has 4 rings (SSSR count). The van der Waals surface area contributed by atoms with Gasteiger partial charge in [-0.05, 0) is 55.7 Å². The summed E-state index contributed by atoms with van der Waals surface area (Å²) in [4.78, 5) is 31.3. The summed E-state index contributed by atoms with van der Waals surface area (Å²) in [7, 11) is 0. The van der Waals surface area contributed by atoms with E-state index in [1.54, 1.807) is 12.3 Å². The monoisotopic (exact) mass is 521 g/mol. The molecule has 1 aromatic rings. The molecule has 3 aliphatic rings. The minimum absolute atomic E-state index is 0.148. The lowest BCUT2D eigenvalue weighted by Crippen LogP contribution is -2.42. The maximum Gasteiger partial charge on any atom is 0.270 e. The van der Waals surface area contributed by atoms with Gasteiger partial charge in [-0.1, -0.05) is 49.6 Å². The molecule has 2 amide bonds. The second-order valence-corrected chi connectivity index (χ2v) is 10.7. The number of aromatic nitrogens is 1. The fourth-order valence-corrected chi connectivity index (χ4v) is 5.06. The van der Waals surface area contributed by atoms with Crippen LogP contribution in [0, 0.1) is 5.92 Å². The maximum absolute atomic E-state index is 12.7. The van der Waals surface area contributed by atoms with Crippen LogP contribution in [0.2, 0.25) is 0 Å². The largest absolute Gasteiger partial charge is 0.390 e. The number of carbonyl (C=O) groups excluding carboxylic acids is 2. The molecule has 1 saturated carbocycles. The standard InChI is InChI=1S/C30H43N5O3/c1-2-23-6-4-3-5-7-24(23)19-31-20-27(36)21-33-30(38)28-18-26(12-15-32-28)34-25-13-16-35(17-14-25)29(37)11-10-22-8-9-22/h3-5,7,12,15,18,22,25,27,31,36H,2,6,8-11,13-14,16-17,19-21H2,1H3,(H,32,34)(H,33,38). The molecule has 1 unspecified atom stereocenters. The van der Waals surface area contributed by atoms with E-state index < -0.39 is 6.10 Å². The molecule has 0 radical (unpaired) electrons. The molecule has 206 valence electrons. The molecule has 38 heavy (non-hydrogen) atoms. The van der Waals surface area contributed by atoms with Crippen molar-refractivity contribution < 1.29 is 14.7 Å². The maximum atomic E-state index is 12.7. The SMILES string of the molecule is CCC1=C(CNCC(O)CNC(=O)c2cc(NC3CCN(C(=O)CCC4CC4)CC3)ccn2)C=CC=CC1. The van der Waals surface area contributed by atoms with E-state index in [-0.39, 0.29) is 24.4 Å². The summed E-state index contributed by atoms with van der Waals surface area (Å²) in [5, 5.41) is 20.0. The Labute approximate surface area is 226 Å². The Hall–Kier alpha value is -2.97. The van der Waals surface area contributed by atoms with Gasteiger partial charge in [-0.25, -0.2) is 0 Å². The Morgan fingerprint density at radius 2 is 1.97 bits per heavy atom. The number of piperidine rings is 1. The van der Waals surface area contributed by atoms with Crippen LogP contribution in [0.25, 0.3) is 0 Å². The van der Waals surface area contributed by atoms with Crippen LogP contribution in [0.3, 0.4) is 0 Å². The molecule has 8 heteroatoms. The van der Waals surface area contributed by atoms with Crippen molar-refractivity contribution in [2.45, 2.75) is 70.4 Å². The third-order valence-electron chi connectivity index (χ3n) is 7.66. The molecule has 0 bridgehead atoms. The van der Waals surface area contributed by atoms with E-state index in [2.05, 4.69) is 46.1 Å². The zero-order valence-corrected chi connectivity index (χ0v) is 22.6. The highest BCUT2D eigenvalue weighted by Crippen LogP contribution is 2.33. The fourth-order valence-electron chi connectivity index (χ4n) is 5.06. The van der Waals surface area contributed by atoms with E-state index in [1.165, 1.54) is 24.0 Å². The summed E-state index contributed by atoms with van der Waals surface area (Å²) in [5.74, 6) is 0.768. The third-order valence-corrected chi connectivity index (χ3v) is 7.66. The lowest BCUT2D eigenvalue weighted by molar-refractivity contribution is -0.132. The number of nitrogens with zero attached hydrogens (tertiary/aromatic N) is 2. The molecule has 2 fully saturated rings. The quantitative estimate of drug-likeness (QED) is 0.316. The van der Waals surface area contributed by atoms with Crippen LogP contribution in [0.1, 0.15) is 68.8 Å². The number of likely N-dealkylation sites (tertiary alicyclic amines) is 1. The molecule has 0 aromatic carbocycles. The Bertz CT molecular complexity index is 1040. The topological polar surface area (TPSA) is 107 Å². The van der Waals surface area contributed by atoms with Crippen molar-refractivity contribution in [2.75, 3.05) is 38.0 Å². The van der Waals surface area contributed by atoms with E-state index in [0.717, 1.165) is 56.8 Å². The van der Waals surface area contributed by atoms with E-state index in [1.807, 2.05) is 17.0 Å². The normalized spacial score (nSPS) is 18.8. The molecule has 2 aliphatic carbocycles. The van der Waals surface area contributed by atoms with Gasteiger partial charge in [-0.2, -0.15) is 0 Å². The molecule has 4 N–H and O–H groups in total. The van der Waals surface area contributed by atoms with Crippen molar-refractivity contribution in [2.24, 2.45) is 5.92 Å². The van der Waals surface area contributed by atoms with Crippen LogP contribution < -0.4 is 16.0 Å². The molecule has 8 nitrogen and oxygen atoms in total. The van der Waals surface area contributed by atoms with Gasteiger partial charge < -0.3 is 26.0 Å². The van der Waals surface area contributed by atoms with Crippen LogP contribution in [0.5, 0.6) is 0 Å². The predicted octanol–water partition coefficient (Wildman–Crippen LogP) is 3.58. The number of nitrogens with one attached hydrogen (secondary N) is 3. The summed E-state index contributed by atoms with van der Waals surface area (Å²) < 4.78 is 0. The van der Waals surface area contributed by atoms with E-state index in [9.17, 15) is 14.7 Å². The second kappa shape index (κ2) is 14.3. The van der Waals surface area contributed by atoms with Gasteiger partial charge in [-0.15, -0.1) is 0 Å². The van der Waals surface area contributed by atoms with E-state index in [0.29, 0.717) is 25.2 Å². The molecular formula is C30H43N5O3. The van der Waals surface area contributed by atoms with Crippen LogP contribution in [-0.4, -0.2) is 71.7 Å².